The number of alkyl halides is 1. The summed E-state index contributed by atoms with van der Waals surface area (Å²) >= 11 is 9.18. The molecule has 1 atom stereocenters. The molecule has 0 aliphatic heterocycles. The third kappa shape index (κ3) is 2.62. The van der Waals surface area contributed by atoms with E-state index in [-0.39, 0.29) is 0 Å². The van der Waals surface area contributed by atoms with Crippen LogP contribution in [0.2, 0.25) is 0 Å². The van der Waals surface area contributed by atoms with Gasteiger partial charge in [0.15, 0.2) is 0 Å². The lowest BCUT2D eigenvalue weighted by Crippen LogP contribution is -1.99. The first-order chi connectivity index (χ1) is 7.31. The highest BCUT2D eigenvalue weighted by Gasteiger charge is 2.07. The molecule has 1 unspecified atom stereocenters. The number of rotatable bonds is 4. The van der Waals surface area contributed by atoms with E-state index in [4.69, 9.17) is 11.6 Å². The summed E-state index contributed by atoms with van der Waals surface area (Å²) in [6, 6.07) is 2.08. The van der Waals surface area contributed by atoms with Crippen LogP contribution < -0.4 is 0 Å². The predicted octanol–water partition coefficient (Wildman–Crippen LogP) is 3.66. The van der Waals surface area contributed by atoms with E-state index in [1.807, 2.05) is 5.38 Å². The fraction of sp³-hybridized carbons (Fsp3) is 0.400. The van der Waals surface area contributed by atoms with Crippen molar-refractivity contribution in [1.82, 2.24) is 9.97 Å². The lowest BCUT2D eigenvalue weighted by Gasteiger charge is -2.06. The summed E-state index contributed by atoms with van der Waals surface area (Å²) in [4.78, 5) is 9.58. The molecule has 0 N–H and O–H groups in total. The van der Waals surface area contributed by atoms with Gasteiger partial charge in [-0.1, -0.05) is 6.92 Å². The van der Waals surface area contributed by atoms with Crippen LogP contribution in [-0.2, 0) is 0 Å². The molecular weight excluding hydrogens is 248 g/mol. The molecule has 0 bridgehead atoms. The fourth-order valence-corrected chi connectivity index (χ4v) is 3.19. The van der Waals surface area contributed by atoms with Crippen molar-refractivity contribution in [3.63, 3.8) is 0 Å². The first kappa shape index (κ1) is 11.2. The largest absolute Gasteiger partial charge is 0.229 e. The molecule has 0 radical (unpaired) electrons. The number of thioether (sulfide) groups is 1. The first-order valence-corrected chi connectivity index (χ1v) is 7.08. The van der Waals surface area contributed by atoms with Crippen LogP contribution in [0, 0.1) is 5.92 Å². The standard InChI is InChI=1S/C10H11ClN2S2/c1-7(4-11)5-15-10-8-2-3-14-9(8)12-6-13-10/h2-3,6-7H,4-5H2,1H3. The summed E-state index contributed by atoms with van der Waals surface area (Å²) in [5, 5.41) is 4.28. The number of hydrogen-bond acceptors (Lipinski definition) is 4. The normalized spacial score (nSPS) is 13.2. The van der Waals surface area contributed by atoms with Gasteiger partial charge in [0.25, 0.3) is 0 Å². The van der Waals surface area contributed by atoms with Crippen LogP contribution in [0.4, 0.5) is 0 Å². The van der Waals surface area contributed by atoms with Gasteiger partial charge in [0.1, 0.15) is 16.2 Å². The minimum Gasteiger partial charge on any atom is -0.229 e. The van der Waals surface area contributed by atoms with Gasteiger partial charge in [0.05, 0.1) is 0 Å². The lowest BCUT2D eigenvalue weighted by atomic mass is 10.3. The van der Waals surface area contributed by atoms with E-state index < -0.39 is 0 Å². The molecule has 2 heterocycles. The topological polar surface area (TPSA) is 25.8 Å². The maximum atomic E-state index is 5.77. The monoisotopic (exact) mass is 258 g/mol. The molecule has 2 aromatic heterocycles. The first-order valence-electron chi connectivity index (χ1n) is 4.68. The maximum absolute atomic E-state index is 5.77. The van der Waals surface area contributed by atoms with Crippen LogP contribution in [-0.4, -0.2) is 21.6 Å². The summed E-state index contributed by atoms with van der Waals surface area (Å²) in [5.74, 6) is 2.22. The molecule has 0 aliphatic rings. The summed E-state index contributed by atoms with van der Waals surface area (Å²) < 4.78 is 0. The Hall–Kier alpha value is -0.320. The van der Waals surface area contributed by atoms with Crippen molar-refractivity contribution in [2.24, 2.45) is 5.92 Å². The van der Waals surface area contributed by atoms with Gasteiger partial charge in [-0.05, 0) is 17.4 Å². The Morgan fingerprint density at radius 3 is 3.20 bits per heavy atom. The predicted molar refractivity (Wildman–Crippen MR) is 68.0 cm³/mol. The minimum atomic E-state index is 0.514. The highest BCUT2D eigenvalue weighted by molar-refractivity contribution is 7.99. The van der Waals surface area contributed by atoms with E-state index in [0.29, 0.717) is 11.8 Å². The second kappa shape index (κ2) is 5.14. The highest BCUT2D eigenvalue weighted by atomic mass is 35.5. The summed E-state index contributed by atoms with van der Waals surface area (Å²) in [7, 11) is 0. The zero-order chi connectivity index (χ0) is 10.7. The number of thiophene rings is 1. The van der Waals surface area contributed by atoms with Gasteiger partial charge in [-0.25, -0.2) is 9.97 Å². The lowest BCUT2D eigenvalue weighted by molar-refractivity contribution is 0.758. The van der Waals surface area contributed by atoms with E-state index in [1.165, 1.54) is 0 Å². The van der Waals surface area contributed by atoms with Crippen molar-refractivity contribution in [2.75, 3.05) is 11.6 Å². The second-order valence-corrected chi connectivity index (χ2v) is 5.60. The van der Waals surface area contributed by atoms with Gasteiger partial charge in [-0.2, -0.15) is 0 Å². The summed E-state index contributed by atoms with van der Waals surface area (Å²) in [5.41, 5.74) is 0. The molecule has 0 aliphatic carbocycles. The Kier molecular flexibility index (Phi) is 3.83. The van der Waals surface area contributed by atoms with Crippen molar-refractivity contribution < 1.29 is 0 Å². The van der Waals surface area contributed by atoms with Crippen molar-refractivity contribution in [3.8, 4) is 0 Å². The molecule has 2 nitrogen and oxygen atoms in total. The Bertz CT molecular complexity index is 444. The maximum Gasteiger partial charge on any atom is 0.127 e. The zero-order valence-corrected chi connectivity index (χ0v) is 10.7. The van der Waals surface area contributed by atoms with Gasteiger partial charge >= 0.3 is 0 Å². The van der Waals surface area contributed by atoms with E-state index in [0.717, 1.165) is 21.0 Å². The van der Waals surface area contributed by atoms with Crippen molar-refractivity contribution in [3.05, 3.63) is 17.8 Å². The van der Waals surface area contributed by atoms with E-state index >= 15 is 0 Å². The Morgan fingerprint density at radius 2 is 2.40 bits per heavy atom. The molecule has 0 amide bonds. The molecule has 0 saturated carbocycles. The summed E-state index contributed by atoms with van der Waals surface area (Å²) in [6.07, 6.45) is 1.63. The molecular formula is C10H11ClN2S2. The smallest absolute Gasteiger partial charge is 0.127 e. The Labute approximate surface area is 102 Å². The summed E-state index contributed by atoms with van der Waals surface area (Å²) in [6.45, 7) is 2.14. The van der Waals surface area contributed by atoms with Gasteiger partial charge < -0.3 is 0 Å². The van der Waals surface area contributed by atoms with Crippen LogP contribution in [0.3, 0.4) is 0 Å². The minimum absolute atomic E-state index is 0.514. The van der Waals surface area contributed by atoms with Gasteiger partial charge in [-0.3, -0.25) is 0 Å². The average molecular weight is 259 g/mol. The van der Waals surface area contributed by atoms with Crippen molar-refractivity contribution in [1.29, 1.82) is 0 Å². The number of fused-ring (bicyclic) bond motifs is 1. The van der Waals surface area contributed by atoms with Crippen molar-refractivity contribution >= 4 is 44.9 Å². The van der Waals surface area contributed by atoms with Crippen LogP contribution in [0.1, 0.15) is 6.92 Å². The molecule has 0 fully saturated rings. The highest BCUT2D eigenvalue weighted by Crippen LogP contribution is 2.28. The Morgan fingerprint density at radius 1 is 1.53 bits per heavy atom. The Balaban J connectivity index is 2.17. The van der Waals surface area contributed by atoms with Crippen LogP contribution in [0.25, 0.3) is 10.2 Å². The fourth-order valence-electron chi connectivity index (χ4n) is 1.15. The third-order valence-electron chi connectivity index (χ3n) is 1.99. The van der Waals surface area contributed by atoms with Crippen molar-refractivity contribution in [2.45, 2.75) is 11.9 Å². The molecule has 2 aromatic rings. The molecule has 0 spiro atoms. The molecule has 2 rings (SSSR count). The van der Waals surface area contributed by atoms with E-state index in [1.54, 1.807) is 29.4 Å². The van der Waals surface area contributed by atoms with Crippen LogP contribution in [0.15, 0.2) is 22.8 Å². The number of nitrogens with zero attached hydrogens (tertiary/aromatic N) is 2. The second-order valence-electron chi connectivity index (χ2n) is 3.39. The van der Waals surface area contributed by atoms with Gasteiger partial charge in [0, 0.05) is 17.0 Å². The molecule has 0 aromatic carbocycles. The van der Waals surface area contributed by atoms with Gasteiger partial charge in [-0.15, -0.1) is 34.7 Å². The number of hydrogen-bond donors (Lipinski definition) is 0. The van der Waals surface area contributed by atoms with Crippen LogP contribution >= 0.6 is 34.7 Å². The van der Waals surface area contributed by atoms with E-state index in [2.05, 4.69) is 23.0 Å². The number of aromatic nitrogens is 2. The SMILES string of the molecule is CC(CCl)CSc1ncnc2sccc12. The molecule has 15 heavy (non-hydrogen) atoms. The average Bonchev–Trinajstić information content (AvgIpc) is 2.74. The molecule has 80 valence electrons. The van der Waals surface area contributed by atoms with Gasteiger partial charge in [0.2, 0.25) is 0 Å². The quantitative estimate of drug-likeness (QED) is 0.476. The number of halogens is 1. The third-order valence-corrected chi connectivity index (χ3v) is 4.68. The molecule has 5 heteroatoms. The molecule has 0 saturated heterocycles. The van der Waals surface area contributed by atoms with Crippen LogP contribution in [0.5, 0.6) is 0 Å². The zero-order valence-electron chi connectivity index (χ0n) is 8.31. The van der Waals surface area contributed by atoms with E-state index in [9.17, 15) is 0 Å².